The second-order valence-electron chi connectivity index (χ2n) is 5.38. The molecule has 0 aromatic heterocycles. The van der Waals surface area contributed by atoms with Gasteiger partial charge in [-0.05, 0) is 25.7 Å². The Bertz CT molecular complexity index is 164. The third kappa shape index (κ3) is 1.32. The molecule has 1 nitrogen and oxygen atoms in total. The third-order valence-corrected chi connectivity index (χ3v) is 4.75. The molecule has 0 aromatic carbocycles. The van der Waals surface area contributed by atoms with Crippen molar-refractivity contribution in [3.63, 3.8) is 0 Å². The van der Waals surface area contributed by atoms with Gasteiger partial charge in [-0.25, -0.2) is 0 Å². The van der Waals surface area contributed by atoms with Gasteiger partial charge >= 0.3 is 0 Å². The summed E-state index contributed by atoms with van der Waals surface area (Å²) in [5.74, 6) is 0. The molecule has 2 aliphatic heterocycles. The standard InChI is InChI=1S/C12H21N/c1-2-4-10(5-3-1)13-11-6-7-12(13)9-8-11/h10-12H,1-9H2/p+1. The van der Waals surface area contributed by atoms with E-state index in [1.807, 2.05) is 0 Å². The Labute approximate surface area is 81.5 Å². The maximum atomic E-state index is 2.06. The summed E-state index contributed by atoms with van der Waals surface area (Å²) < 4.78 is 0. The maximum absolute atomic E-state index is 2.06. The van der Waals surface area contributed by atoms with Crippen LogP contribution in [0.3, 0.4) is 0 Å². The van der Waals surface area contributed by atoms with Gasteiger partial charge in [-0.15, -0.1) is 0 Å². The molecular formula is C12H22N+. The van der Waals surface area contributed by atoms with Gasteiger partial charge in [-0.2, -0.15) is 0 Å². The van der Waals surface area contributed by atoms with E-state index >= 15 is 0 Å². The molecule has 0 amide bonds. The van der Waals surface area contributed by atoms with Crippen LogP contribution in [0.4, 0.5) is 0 Å². The Morgan fingerprint density at radius 3 is 1.54 bits per heavy atom. The minimum atomic E-state index is 1.08. The monoisotopic (exact) mass is 180 g/mol. The Balaban J connectivity index is 1.70. The predicted molar refractivity (Wildman–Crippen MR) is 53.9 cm³/mol. The lowest BCUT2D eigenvalue weighted by Crippen LogP contribution is -3.18. The van der Waals surface area contributed by atoms with Crippen LogP contribution in [0, 0.1) is 0 Å². The molecule has 2 saturated heterocycles. The van der Waals surface area contributed by atoms with Gasteiger partial charge in [-0.3, -0.25) is 0 Å². The van der Waals surface area contributed by atoms with Crippen molar-refractivity contribution in [3.05, 3.63) is 0 Å². The van der Waals surface area contributed by atoms with Crippen molar-refractivity contribution in [2.75, 3.05) is 0 Å². The van der Waals surface area contributed by atoms with Crippen LogP contribution in [0.5, 0.6) is 0 Å². The lowest BCUT2D eigenvalue weighted by atomic mass is 9.94. The van der Waals surface area contributed by atoms with E-state index in [4.69, 9.17) is 0 Å². The van der Waals surface area contributed by atoms with Crippen molar-refractivity contribution in [2.45, 2.75) is 75.9 Å². The SMILES string of the molecule is C1CCC([NH+]2C3CCC2CC3)CC1. The number of rotatable bonds is 1. The van der Waals surface area contributed by atoms with Crippen molar-refractivity contribution in [2.24, 2.45) is 0 Å². The summed E-state index contributed by atoms with van der Waals surface area (Å²) >= 11 is 0. The summed E-state index contributed by atoms with van der Waals surface area (Å²) in [7, 11) is 0. The highest BCUT2D eigenvalue weighted by atomic mass is 15.3. The van der Waals surface area contributed by atoms with E-state index in [-0.39, 0.29) is 0 Å². The molecule has 1 heteroatoms. The Hall–Kier alpha value is -0.0400. The molecule has 0 radical (unpaired) electrons. The summed E-state index contributed by atoms with van der Waals surface area (Å²) in [6.07, 6.45) is 13.9. The van der Waals surface area contributed by atoms with E-state index in [9.17, 15) is 0 Å². The van der Waals surface area contributed by atoms with Crippen LogP contribution in [0.2, 0.25) is 0 Å². The highest BCUT2D eigenvalue weighted by Crippen LogP contribution is 2.26. The number of hydrogen-bond acceptors (Lipinski definition) is 0. The number of hydrogen-bond donors (Lipinski definition) is 1. The molecule has 1 N–H and O–H groups in total. The lowest BCUT2D eigenvalue weighted by molar-refractivity contribution is -0.948. The first kappa shape index (κ1) is 8.28. The molecule has 1 aliphatic carbocycles. The number of fused-ring (bicyclic) bond motifs is 2. The Morgan fingerprint density at radius 2 is 1.00 bits per heavy atom. The van der Waals surface area contributed by atoms with E-state index in [1.54, 1.807) is 38.5 Å². The molecule has 0 atom stereocenters. The fraction of sp³-hybridized carbons (Fsp3) is 1.00. The summed E-state index contributed by atoms with van der Waals surface area (Å²) in [4.78, 5) is 2.06. The molecule has 2 heterocycles. The van der Waals surface area contributed by atoms with Gasteiger partial charge in [0.25, 0.3) is 0 Å². The van der Waals surface area contributed by atoms with Gasteiger partial charge in [0.05, 0.1) is 18.1 Å². The Kier molecular flexibility index (Phi) is 2.08. The minimum absolute atomic E-state index is 1.08. The normalized spacial score (nSPS) is 45.7. The number of quaternary nitrogens is 1. The smallest absolute Gasteiger partial charge is 0.0883 e. The Morgan fingerprint density at radius 1 is 0.538 bits per heavy atom. The van der Waals surface area contributed by atoms with Crippen molar-refractivity contribution >= 4 is 0 Å². The zero-order valence-electron chi connectivity index (χ0n) is 8.60. The van der Waals surface area contributed by atoms with Gasteiger partial charge < -0.3 is 4.90 Å². The molecule has 2 bridgehead atoms. The molecular weight excluding hydrogens is 158 g/mol. The second kappa shape index (κ2) is 3.27. The van der Waals surface area contributed by atoms with E-state index < -0.39 is 0 Å². The van der Waals surface area contributed by atoms with Crippen molar-refractivity contribution in [1.82, 2.24) is 0 Å². The average Bonchev–Trinajstić information content (AvgIpc) is 2.78. The van der Waals surface area contributed by atoms with Crippen LogP contribution in [-0.4, -0.2) is 18.1 Å². The first-order valence-corrected chi connectivity index (χ1v) is 6.32. The van der Waals surface area contributed by atoms with Gasteiger partial charge in [0.1, 0.15) is 0 Å². The van der Waals surface area contributed by atoms with Crippen LogP contribution in [0.15, 0.2) is 0 Å². The molecule has 0 spiro atoms. The third-order valence-electron chi connectivity index (χ3n) is 4.75. The zero-order valence-corrected chi connectivity index (χ0v) is 8.60. The maximum Gasteiger partial charge on any atom is 0.0883 e. The van der Waals surface area contributed by atoms with E-state index in [0.29, 0.717) is 0 Å². The summed E-state index contributed by atoms with van der Waals surface area (Å²) in [6.45, 7) is 0. The lowest BCUT2D eigenvalue weighted by Gasteiger charge is -2.31. The van der Waals surface area contributed by atoms with Gasteiger partial charge in [0.2, 0.25) is 0 Å². The van der Waals surface area contributed by atoms with Crippen molar-refractivity contribution in [1.29, 1.82) is 0 Å². The quantitative estimate of drug-likeness (QED) is 0.624. The molecule has 13 heavy (non-hydrogen) atoms. The van der Waals surface area contributed by atoms with Crippen LogP contribution in [0.25, 0.3) is 0 Å². The second-order valence-corrected chi connectivity index (χ2v) is 5.38. The molecule has 3 fully saturated rings. The molecule has 1 saturated carbocycles. The molecule has 0 unspecified atom stereocenters. The first-order valence-electron chi connectivity index (χ1n) is 6.32. The van der Waals surface area contributed by atoms with E-state index in [0.717, 1.165) is 18.1 Å². The predicted octanol–water partition coefficient (Wildman–Crippen LogP) is 1.53. The van der Waals surface area contributed by atoms with E-state index in [2.05, 4.69) is 4.90 Å². The number of nitrogens with one attached hydrogen (secondary N) is 1. The molecule has 3 rings (SSSR count). The van der Waals surface area contributed by atoms with E-state index in [1.165, 1.54) is 19.3 Å². The molecule has 3 aliphatic rings. The van der Waals surface area contributed by atoms with Gasteiger partial charge in [0.15, 0.2) is 0 Å². The van der Waals surface area contributed by atoms with Crippen molar-refractivity contribution in [3.8, 4) is 0 Å². The fourth-order valence-electron chi connectivity index (χ4n) is 4.20. The zero-order chi connectivity index (χ0) is 8.67. The highest BCUT2D eigenvalue weighted by molar-refractivity contribution is 4.82. The average molecular weight is 180 g/mol. The highest BCUT2D eigenvalue weighted by Gasteiger charge is 2.46. The van der Waals surface area contributed by atoms with Gasteiger partial charge in [0, 0.05) is 25.7 Å². The fourth-order valence-corrected chi connectivity index (χ4v) is 4.20. The first-order chi connectivity index (χ1) is 6.45. The summed E-state index contributed by atoms with van der Waals surface area (Å²) in [5.41, 5.74) is 0. The largest absolute Gasteiger partial charge is 0.328 e. The van der Waals surface area contributed by atoms with Crippen molar-refractivity contribution < 1.29 is 4.90 Å². The summed E-state index contributed by atoms with van der Waals surface area (Å²) in [6, 6.07) is 3.26. The van der Waals surface area contributed by atoms with Crippen LogP contribution < -0.4 is 4.90 Å². The topological polar surface area (TPSA) is 4.44 Å². The van der Waals surface area contributed by atoms with Crippen LogP contribution in [0.1, 0.15) is 57.8 Å². The minimum Gasteiger partial charge on any atom is -0.328 e. The summed E-state index contributed by atoms with van der Waals surface area (Å²) in [5, 5.41) is 0. The molecule has 74 valence electrons. The van der Waals surface area contributed by atoms with Crippen LogP contribution >= 0.6 is 0 Å². The van der Waals surface area contributed by atoms with Crippen LogP contribution in [-0.2, 0) is 0 Å². The van der Waals surface area contributed by atoms with Gasteiger partial charge in [-0.1, -0.05) is 6.42 Å². The molecule has 0 aromatic rings.